The van der Waals surface area contributed by atoms with Crippen molar-refractivity contribution in [3.05, 3.63) is 29.8 Å². The topological polar surface area (TPSA) is 76.7 Å². The number of hydrogen-bond acceptors (Lipinski definition) is 4. The minimum Gasteiger partial charge on any atom is -0.497 e. The van der Waals surface area contributed by atoms with Gasteiger partial charge in [0.25, 0.3) is 5.91 Å². The average Bonchev–Trinajstić information content (AvgIpc) is 3.05. The number of benzene rings is 1. The van der Waals surface area contributed by atoms with E-state index in [-0.39, 0.29) is 17.9 Å². The summed E-state index contributed by atoms with van der Waals surface area (Å²) >= 11 is 0. The number of carbonyl (C=O) groups excluding carboxylic acids is 2. The summed E-state index contributed by atoms with van der Waals surface area (Å²) in [4.78, 5) is 23.6. The molecule has 1 fully saturated rings. The van der Waals surface area contributed by atoms with Crippen LogP contribution in [0, 0.1) is 0 Å². The molecule has 2 amide bonds. The van der Waals surface area contributed by atoms with Gasteiger partial charge in [0.1, 0.15) is 11.9 Å². The molecule has 0 aliphatic carbocycles. The molecule has 0 spiro atoms. The van der Waals surface area contributed by atoms with E-state index < -0.39 is 0 Å². The molecule has 0 bridgehead atoms. The smallest absolute Gasteiger partial charge is 0.251 e. The van der Waals surface area contributed by atoms with Crippen LogP contribution >= 0.6 is 0 Å². The maximum Gasteiger partial charge on any atom is 0.251 e. The minimum atomic E-state index is -0.334. The highest BCUT2D eigenvalue weighted by Crippen LogP contribution is 2.12. The van der Waals surface area contributed by atoms with E-state index in [0.717, 1.165) is 12.8 Å². The van der Waals surface area contributed by atoms with Gasteiger partial charge in [-0.15, -0.1) is 0 Å². The van der Waals surface area contributed by atoms with Crippen molar-refractivity contribution in [1.29, 1.82) is 0 Å². The Bertz CT molecular complexity index is 498. The molecule has 0 radical (unpaired) electrons. The highest BCUT2D eigenvalue weighted by atomic mass is 16.5. The van der Waals surface area contributed by atoms with Crippen LogP contribution in [0.1, 0.15) is 23.2 Å². The number of amides is 2. The SMILES string of the molecule is COc1cccc(C(=O)NCCNC(=O)[C@H]2CCCO2)c1. The van der Waals surface area contributed by atoms with E-state index in [4.69, 9.17) is 9.47 Å². The summed E-state index contributed by atoms with van der Waals surface area (Å²) in [5.41, 5.74) is 0.528. The van der Waals surface area contributed by atoms with Gasteiger partial charge in [0.2, 0.25) is 5.91 Å². The molecule has 0 unspecified atom stereocenters. The van der Waals surface area contributed by atoms with Gasteiger partial charge in [-0.2, -0.15) is 0 Å². The van der Waals surface area contributed by atoms with Crippen LogP contribution in [0.25, 0.3) is 0 Å². The molecule has 1 aliphatic heterocycles. The fourth-order valence-corrected chi connectivity index (χ4v) is 2.13. The van der Waals surface area contributed by atoms with Gasteiger partial charge in [-0.3, -0.25) is 9.59 Å². The molecule has 1 atom stereocenters. The van der Waals surface area contributed by atoms with Crippen LogP contribution in [-0.2, 0) is 9.53 Å². The van der Waals surface area contributed by atoms with E-state index in [0.29, 0.717) is 31.0 Å². The van der Waals surface area contributed by atoms with Crippen molar-refractivity contribution in [2.75, 3.05) is 26.8 Å². The predicted molar refractivity (Wildman–Crippen MR) is 77.3 cm³/mol. The zero-order valence-electron chi connectivity index (χ0n) is 12.1. The van der Waals surface area contributed by atoms with Gasteiger partial charge in [-0.1, -0.05) is 6.07 Å². The lowest BCUT2D eigenvalue weighted by Crippen LogP contribution is -2.39. The van der Waals surface area contributed by atoms with Gasteiger partial charge < -0.3 is 20.1 Å². The third-order valence-electron chi connectivity index (χ3n) is 3.26. The Morgan fingerprint density at radius 2 is 2.14 bits per heavy atom. The number of methoxy groups -OCH3 is 1. The van der Waals surface area contributed by atoms with Crippen molar-refractivity contribution >= 4 is 11.8 Å². The highest BCUT2D eigenvalue weighted by Gasteiger charge is 2.22. The van der Waals surface area contributed by atoms with Crippen LogP contribution in [-0.4, -0.2) is 44.7 Å². The quantitative estimate of drug-likeness (QED) is 0.758. The first-order valence-electron chi connectivity index (χ1n) is 7.02. The normalized spacial score (nSPS) is 17.3. The van der Waals surface area contributed by atoms with Crippen LogP contribution in [0.5, 0.6) is 5.75 Å². The van der Waals surface area contributed by atoms with Crippen molar-refractivity contribution < 1.29 is 19.1 Å². The lowest BCUT2D eigenvalue weighted by atomic mass is 10.2. The zero-order valence-corrected chi connectivity index (χ0v) is 12.1. The molecule has 1 aliphatic rings. The van der Waals surface area contributed by atoms with Gasteiger partial charge in [0.15, 0.2) is 0 Å². The van der Waals surface area contributed by atoms with Crippen LogP contribution in [0.4, 0.5) is 0 Å². The first-order chi connectivity index (χ1) is 10.2. The van der Waals surface area contributed by atoms with Gasteiger partial charge in [-0.25, -0.2) is 0 Å². The van der Waals surface area contributed by atoms with E-state index in [2.05, 4.69) is 10.6 Å². The van der Waals surface area contributed by atoms with Gasteiger partial charge in [0.05, 0.1) is 7.11 Å². The Morgan fingerprint density at radius 1 is 1.33 bits per heavy atom. The van der Waals surface area contributed by atoms with E-state index in [1.807, 2.05) is 0 Å². The van der Waals surface area contributed by atoms with Gasteiger partial charge in [0, 0.05) is 25.3 Å². The molecule has 0 aromatic heterocycles. The summed E-state index contributed by atoms with van der Waals surface area (Å²) in [7, 11) is 1.55. The van der Waals surface area contributed by atoms with Crippen molar-refractivity contribution in [2.45, 2.75) is 18.9 Å². The molecule has 1 aromatic carbocycles. The largest absolute Gasteiger partial charge is 0.497 e. The third kappa shape index (κ3) is 4.46. The maximum atomic E-state index is 11.9. The lowest BCUT2D eigenvalue weighted by molar-refractivity contribution is -0.129. The molecule has 6 nitrogen and oxygen atoms in total. The van der Waals surface area contributed by atoms with Crippen molar-refractivity contribution in [1.82, 2.24) is 10.6 Å². The average molecular weight is 292 g/mol. The maximum absolute atomic E-state index is 11.9. The third-order valence-corrected chi connectivity index (χ3v) is 3.26. The van der Waals surface area contributed by atoms with Crippen molar-refractivity contribution in [2.24, 2.45) is 0 Å². The van der Waals surface area contributed by atoms with Crippen LogP contribution in [0.15, 0.2) is 24.3 Å². The Morgan fingerprint density at radius 3 is 2.86 bits per heavy atom. The minimum absolute atomic E-state index is 0.108. The summed E-state index contributed by atoms with van der Waals surface area (Å²) in [5.74, 6) is 0.331. The van der Waals surface area contributed by atoms with Gasteiger partial charge >= 0.3 is 0 Å². The molecule has 6 heteroatoms. The predicted octanol–water partition coefficient (Wildman–Crippen LogP) is 0.720. The summed E-state index contributed by atoms with van der Waals surface area (Å²) in [6, 6.07) is 6.91. The summed E-state index contributed by atoms with van der Waals surface area (Å²) < 4.78 is 10.3. The van der Waals surface area contributed by atoms with E-state index in [1.54, 1.807) is 31.4 Å². The molecule has 2 N–H and O–H groups in total. The molecule has 2 rings (SSSR count). The zero-order chi connectivity index (χ0) is 15.1. The number of nitrogens with one attached hydrogen (secondary N) is 2. The summed E-state index contributed by atoms with van der Waals surface area (Å²) in [6.07, 6.45) is 1.35. The summed E-state index contributed by atoms with van der Waals surface area (Å²) in [5, 5.41) is 5.50. The molecule has 1 aromatic rings. The number of rotatable bonds is 6. The molecular weight excluding hydrogens is 272 g/mol. The molecule has 114 valence electrons. The van der Waals surface area contributed by atoms with E-state index in [9.17, 15) is 9.59 Å². The second-order valence-corrected chi connectivity index (χ2v) is 4.78. The summed E-state index contributed by atoms with van der Waals surface area (Å²) in [6.45, 7) is 1.40. The Kier molecular flexibility index (Phi) is 5.57. The molecular formula is C15H20N2O4. The fraction of sp³-hybridized carbons (Fsp3) is 0.467. The first-order valence-corrected chi connectivity index (χ1v) is 7.02. The Hall–Kier alpha value is -2.08. The Labute approximate surface area is 123 Å². The van der Waals surface area contributed by atoms with E-state index >= 15 is 0 Å². The molecule has 1 saturated heterocycles. The van der Waals surface area contributed by atoms with Crippen LogP contribution in [0.3, 0.4) is 0 Å². The Balaban J connectivity index is 1.70. The number of ether oxygens (including phenoxy) is 2. The second kappa shape index (κ2) is 7.64. The van der Waals surface area contributed by atoms with Crippen molar-refractivity contribution in [3.63, 3.8) is 0 Å². The second-order valence-electron chi connectivity index (χ2n) is 4.78. The standard InChI is InChI=1S/C15H20N2O4/c1-20-12-5-2-4-11(10-12)14(18)16-7-8-17-15(19)13-6-3-9-21-13/h2,4-5,10,13H,3,6-9H2,1H3,(H,16,18)(H,17,19)/t13-/m1/s1. The molecule has 21 heavy (non-hydrogen) atoms. The monoisotopic (exact) mass is 292 g/mol. The lowest BCUT2D eigenvalue weighted by Gasteiger charge is -2.11. The number of carbonyl (C=O) groups is 2. The first kappa shape index (κ1) is 15.3. The fourth-order valence-electron chi connectivity index (χ4n) is 2.13. The van der Waals surface area contributed by atoms with E-state index in [1.165, 1.54) is 0 Å². The van der Waals surface area contributed by atoms with Gasteiger partial charge in [-0.05, 0) is 31.0 Å². The molecule has 0 saturated carbocycles. The van der Waals surface area contributed by atoms with Crippen molar-refractivity contribution in [3.8, 4) is 5.75 Å². The molecule has 1 heterocycles. The highest BCUT2D eigenvalue weighted by molar-refractivity contribution is 5.94. The van der Waals surface area contributed by atoms with Crippen LogP contribution < -0.4 is 15.4 Å². The number of hydrogen-bond donors (Lipinski definition) is 2. The van der Waals surface area contributed by atoms with Crippen LogP contribution in [0.2, 0.25) is 0 Å².